The van der Waals surface area contributed by atoms with Crippen LogP contribution in [-0.2, 0) is 28.1 Å². The minimum absolute atomic E-state index is 0. The topological polar surface area (TPSA) is 47.6 Å². The third-order valence-electron chi connectivity index (χ3n) is 3.87. The molecule has 1 fully saturated rings. The third kappa shape index (κ3) is 6.07. The molecule has 1 N–H and O–H groups in total. The molecule has 4 nitrogen and oxygen atoms in total. The Morgan fingerprint density at radius 2 is 1.77 bits per heavy atom. The van der Waals surface area contributed by atoms with E-state index in [-0.39, 0.29) is 34.9 Å². The minimum Gasteiger partial charge on any atom is -0.488 e. The maximum atomic E-state index is 11.9. The third-order valence-corrected chi connectivity index (χ3v) is 3.87. The normalized spacial score (nSPS) is 16.3. The van der Waals surface area contributed by atoms with Gasteiger partial charge in [-0.25, -0.2) is 10.8 Å². The number of ether oxygens (including phenoxy) is 2. The molecule has 141 valence electrons. The van der Waals surface area contributed by atoms with Gasteiger partial charge in [-0.2, -0.15) is 6.42 Å². The second-order valence-corrected chi connectivity index (χ2v) is 7.25. The maximum absolute atomic E-state index is 11.9. The largest absolute Gasteiger partial charge is 0.488 e. The summed E-state index contributed by atoms with van der Waals surface area (Å²) in [5.74, 6) is 1.13. The van der Waals surface area contributed by atoms with Gasteiger partial charge in [0.25, 0.3) is 0 Å². The first-order valence-electron chi connectivity index (χ1n) is 8.53. The van der Waals surface area contributed by atoms with Crippen molar-refractivity contribution in [3.63, 3.8) is 0 Å². The van der Waals surface area contributed by atoms with E-state index < -0.39 is 6.09 Å². The molecule has 3 rings (SSSR count). The van der Waals surface area contributed by atoms with Crippen molar-refractivity contribution < 1.29 is 31.0 Å². The molecule has 1 unspecified atom stereocenters. The van der Waals surface area contributed by atoms with Crippen molar-refractivity contribution in [1.29, 1.82) is 0 Å². The van der Waals surface area contributed by atoms with Gasteiger partial charge >= 0.3 is 6.09 Å². The number of nitrogens with one attached hydrogen (secondary N) is 1. The van der Waals surface area contributed by atoms with Gasteiger partial charge in [-0.05, 0) is 38.5 Å². The van der Waals surface area contributed by atoms with Crippen LogP contribution in [0.4, 0.5) is 4.79 Å². The minimum atomic E-state index is -0.394. The predicted molar refractivity (Wildman–Crippen MR) is 97.2 cm³/mol. The van der Waals surface area contributed by atoms with Crippen molar-refractivity contribution in [3.8, 4) is 5.75 Å². The van der Waals surface area contributed by atoms with E-state index in [4.69, 9.17) is 9.47 Å². The number of carbonyl (C=O) groups is 1. The van der Waals surface area contributed by atoms with Crippen molar-refractivity contribution in [3.05, 3.63) is 71.8 Å². The SMILES string of the molecule is CC(C)(C)Oc1ccc(C2C[C-]2NC(=O)OCc2ccccc2)cc1.[Co]. The van der Waals surface area contributed by atoms with E-state index in [0.717, 1.165) is 23.8 Å². The van der Waals surface area contributed by atoms with Crippen molar-refractivity contribution in [2.75, 3.05) is 0 Å². The predicted octanol–water partition coefficient (Wildman–Crippen LogP) is 4.81. The molecule has 0 aliphatic heterocycles. The number of carbonyl (C=O) groups excluding carboxylic acids is 1. The molecule has 1 saturated carbocycles. The van der Waals surface area contributed by atoms with Gasteiger partial charge < -0.3 is 14.8 Å². The summed E-state index contributed by atoms with van der Waals surface area (Å²) in [7, 11) is 0. The van der Waals surface area contributed by atoms with Crippen LogP contribution in [0.5, 0.6) is 5.75 Å². The molecule has 5 heteroatoms. The number of benzene rings is 2. The fourth-order valence-electron chi connectivity index (χ4n) is 2.63. The summed E-state index contributed by atoms with van der Waals surface area (Å²) in [6.45, 7) is 6.36. The molecule has 1 aliphatic carbocycles. The molecule has 2 aromatic rings. The molecule has 1 aliphatic rings. The van der Waals surface area contributed by atoms with E-state index in [9.17, 15) is 4.79 Å². The fraction of sp³-hybridized carbons (Fsp3) is 0.333. The Hall–Kier alpha value is -1.98. The first-order chi connectivity index (χ1) is 11.9. The zero-order valence-corrected chi connectivity index (χ0v) is 16.3. The van der Waals surface area contributed by atoms with Gasteiger partial charge in [0.1, 0.15) is 18.0 Å². The zero-order valence-electron chi connectivity index (χ0n) is 15.2. The van der Waals surface area contributed by atoms with E-state index in [1.807, 2.05) is 63.2 Å². The molecule has 0 aromatic heterocycles. The first kappa shape index (κ1) is 20.3. The van der Waals surface area contributed by atoms with Crippen LogP contribution in [0.3, 0.4) is 0 Å². The second kappa shape index (κ2) is 8.60. The Morgan fingerprint density at radius 1 is 1.12 bits per heavy atom. The van der Waals surface area contributed by atoms with Crippen molar-refractivity contribution in [1.82, 2.24) is 5.32 Å². The van der Waals surface area contributed by atoms with Crippen LogP contribution in [0.15, 0.2) is 54.6 Å². The van der Waals surface area contributed by atoms with E-state index in [2.05, 4.69) is 17.4 Å². The van der Waals surface area contributed by atoms with Crippen LogP contribution in [-0.4, -0.2) is 11.7 Å². The number of alkyl carbamates (subject to hydrolysis) is 1. The smallest absolute Gasteiger partial charge is 0.378 e. The summed E-state index contributed by atoms with van der Waals surface area (Å²) in [6.07, 6.45) is 0.467. The standard InChI is InChI=1S/C21H24NO3.Co/c1-21(2,3)25-17-11-9-16(10-12-17)18-13-19(18)22-20(23)24-14-15-7-5-4-6-8-15;/h4-12,18H,13-14H2,1-3H3,(H,22,23);/q-1;. The summed E-state index contributed by atoms with van der Waals surface area (Å²) in [4.78, 5) is 11.9. The number of rotatable bonds is 5. The Balaban J connectivity index is 0.00000243. The van der Waals surface area contributed by atoms with Gasteiger partial charge in [0.2, 0.25) is 0 Å². The van der Waals surface area contributed by atoms with Crippen LogP contribution in [0, 0.1) is 6.04 Å². The van der Waals surface area contributed by atoms with Crippen molar-refractivity contribution in [2.45, 2.75) is 45.3 Å². The number of amides is 1. The Labute approximate surface area is 165 Å². The van der Waals surface area contributed by atoms with Crippen LogP contribution in [0.1, 0.15) is 44.2 Å². The number of hydrogen-bond donors (Lipinski definition) is 1. The molecule has 26 heavy (non-hydrogen) atoms. The second-order valence-electron chi connectivity index (χ2n) is 7.25. The molecule has 0 bridgehead atoms. The average molecular weight is 397 g/mol. The summed E-state index contributed by atoms with van der Waals surface area (Å²) >= 11 is 0. The molecule has 1 atom stereocenters. The quantitative estimate of drug-likeness (QED) is 0.737. The Kier molecular flexibility index (Phi) is 6.73. The summed E-state index contributed by atoms with van der Waals surface area (Å²) in [5, 5.41) is 2.85. The van der Waals surface area contributed by atoms with Crippen LogP contribution in [0.2, 0.25) is 0 Å². The molecular weight excluding hydrogens is 373 g/mol. The molecule has 0 spiro atoms. The maximum Gasteiger partial charge on any atom is 0.378 e. The van der Waals surface area contributed by atoms with Crippen LogP contribution in [0.25, 0.3) is 0 Å². The number of hydrogen-bond acceptors (Lipinski definition) is 3. The van der Waals surface area contributed by atoms with E-state index in [1.54, 1.807) is 0 Å². The molecule has 0 saturated heterocycles. The van der Waals surface area contributed by atoms with Crippen LogP contribution < -0.4 is 10.1 Å². The molecule has 1 radical (unpaired) electrons. The molecule has 1 amide bonds. The summed E-state index contributed by atoms with van der Waals surface area (Å²) < 4.78 is 11.1. The zero-order chi connectivity index (χ0) is 17.9. The average Bonchev–Trinajstić information content (AvgIpc) is 3.32. The Morgan fingerprint density at radius 3 is 2.38 bits per heavy atom. The summed E-state index contributed by atoms with van der Waals surface area (Å²) in [5.41, 5.74) is 1.95. The fourth-order valence-corrected chi connectivity index (χ4v) is 2.63. The van der Waals surface area contributed by atoms with Crippen molar-refractivity contribution in [2.24, 2.45) is 0 Å². The van der Waals surface area contributed by atoms with Gasteiger partial charge in [0.05, 0.1) is 0 Å². The van der Waals surface area contributed by atoms with Crippen LogP contribution >= 0.6 is 0 Å². The van der Waals surface area contributed by atoms with Gasteiger partial charge in [0.15, 0.2) is 0 Å². The van der Waals surface area contributed by atoms with E-state index in [1.165, 1.54) is 5.56 Å². The monoisotopic (exact) mass is 397 g/mol. The van der Waals surface area contributed by atoms with Gasteiger partial charge in [0, 0.05) is 16.8 Å². The molecular formula is C21H24CoNO3-. The van der Waals surface area contributed by atoms with Gasteiger partial charge in [-0.15, -0.1) is 5.92 Å². The van der Waals surface area contributed by atoms with Gasteiger partial charge in [-0.1, -0.05) is 48.0 Å². The first-order valence-corrected chi connectivity index (χ1v) is 8.53. The summed E-state index contributed by atoms with van der Waals surface area (Å²) in [6, 6.07) is 18.7. The Bertz CT molecular complexity index is 710. The molecule has 0 heterocycles. The van der Waals surface area contributed by atoms with Crippen molar-refractivity contribution >= 4 is 6.09 Å². The molecule has 2 aromatic carbocycles. The van der Waals surface area contributed by atoms with Gasteiger partial charge in [-0.3, -0.25) is 0 Å². The van der Waals surface area contributed by atoms with E-state index >= 15 is 0 Å². The van der Waals surface area contributed by atoms with E-state index in [0.29, 0.717) is 0 Å².